The zero-order chi connectivity index (χ0) is 16.3. The van der Waals surface area contributed by atoms with Crippen LogP contribution in [0.1, 0.15) is 51.0 Å². The maximum Gasteiger partial charge on any atom is 0.220 e. The number of carbonyl (C=O) groups is 1. The Balaban J connectivity index is 0.00000208. The number of nitrogens with one attached hydrogen (secondary N) is 2. The van der Waals surface area contributed by atoms with Crippen LogP contribution in [0.2, 0.25) is 0 Å². The van der Waals surface area contributed by atoms with Crippen LogP contribution in [0.3, 0.4) is 0 Å². The van der Waals surface area contributed by atoms with Gasteiger partial charge in [0.1, 0.15) is 0 Å². The van der Waals surface area contributed by atoms with Gasteiger partial charge in [-0.15, -0.1) is 12.4 Å². The van der Waals surface area contributed by atoms with E-state index in [-0.39, 0.29) is 23.9 Å². The van der Waals surface area contributed by atoms with Gasteiger partial charge >= 0.3 is 0 Å². The van der Waals surface area contributed by atoms with Crippen LogP contribution in [0.25, 0.3) is 0 Å². The van der Waals surface area contributed by atoms with Crippen LogP contribution in [0.5, 0.6) is 0 Å². The number of hydrogen-bond donors (Lipinski definition) is 2. The maximum atomic E-state index is 12.6. The standard InChI is InChI=1S/C19H27BrN2O.ClH/c1-14(15-6-10-21-11-7-15)12-18(23)22-19(8-3-9-19)16-4-2-5-17(20)13-16;/h2,4-5,13-15,21H,3,6-12H2,1H3,(H,22,23);1H. The van der Waals surface area contributed by atoms with E-state index in [2.05, 4.69) is 51.7 Å². The first kappa shape index (κ1) is 19.7. The van der Waals surface area contributed by atoms with Crippen LogP contribution >= 0.6 is 28.3 Å². The highest BCUT2D eigenvalue weighted by Gasteiger charge is 2.40. The first-order valence-electron chi connectivity index (χ1n) is 8.87. The highest BCUT2D eigenvalue weighted by molar-refractivity contribution is 9.10. The van der Waals surface area contributed by atoms with E-state index in [1.807, 2.05) is 6.07 Å². The van der Waals surface area contributed by atoms with Gasteiger partial charge < -0.3 is 10.6 Å². The summed E-state index contributed by atoms with van der Waals surface area (Å²) in [4.78, 5) is 12.6. The van der Waals surface area contributed by atoms with Crippen LogP contribution in [0.4, 0.5) is 0 Å². The van der Waals surface area contributed by atoms with Crippen molar-refractivity contribution in [2.45, 2.75) is 51.0 Å². The molecule has 1 unspecified atom stereocenters. The number of amides is 1. The summed E-state index contributed by atoms with van der Waals surface area (Å²) >= 11 is 3.55. The van der Waals surface area contributed by atoms with Crippen molar-refractivity contribution in [3.8, 4) is 0 Å². The maximum absolute atomic E-state index is 12.6. The van der Waals surface area contributed by atoms with E-state index in [0.717, 1.165) is 30.4 Å². The fourth-order valence-corrected chi connectivity index (χ4v) is 4.39. The van der Waals surface area contributed by atoms with Gasteiger partial charge in [-0.1, -0.05) is 35.0 Å². The highest BCUT2D eigenvalue weighted by Crippen LogP contribution is 2.42. The normalized spacial score (nSPS) is 21.2. The largest absolute Gasteiger partial charge is 0.347 e. The third-order valence-corrected chi connectivity index (χ3v) is 6.15. The van der Waals surface area contributed by atoms with Gasteiger partial charge in [-0.05, 0) is 74.7 Å². The summed E-state index contributed by atoms with van der Waals surface area (Å²) in [5, 5.41) is 6.77. The zero-order valence-electron chi connectivity index (χ0n) is 14.3. The number of piperidine rings is 1. The van der Waals surface area contributed by atoms with Crippen molar-refractivity contribution in [2.75, 3.05) is 13.1 Å². The molecule has 1 aliphatic heterocycles. The van der Waals surface area contributed by atoms with E-state index in [4.69, 9.17) is 0 Å². The molecule has 0 radical (unpaired) electrons. The molecule has 1 saturated heterocycles. The lowest BCUT2D eigenvalue weighted by Gasteiger charge is -2.43. The van der Waals surface area contributed by atoms with E-state index in [1.54, 1.807) is 0 Å². The molecule has 1 amide bonds. The fourth-order valence-electron chi connectivity index (χ4n) is 3.99. The third kappa shape index (κ3) is 4.53. The molecular formula is C19H28BrClN2O. The molecule has 2 N–H and O–H groups in total. The Morgan fingerprint density at radius 3 is 2.67 bits per heavy atom. The van der Waals surface area contributed by atoms with Gasteiger partial charge in [0.15, 0.2) is 0 Å². The Labute approximate surface area is 159 Å². The van der Waals surface area contributed by atoms with E-state index >= 15 is 0 Å². The molecule has 0 bridgehead atoms. The van der Waals surface area contributed by atoms with Crippen LogP contribution in [0, 0.1) is 11.8 Å². The Bertz CT molecular complexity index is 556. The summed E-state index contributed by atoms with van der Waals surface area (Å²) in [5.41, 5.74) is 1.11. The topological polar surface area (TPSA) is 41.1 Å². The third-order valence-electron chi connectivity index (χ3n) is 5.66. The summed E-state index contributed by atoms with van der Waals surface area (Å²) in [5.74, 6) is 1.37. The minimum atomic E-state index is -0.130. The van der Waals surface area contributed by atoms with Crippen LogP contribution in [-0.4, -0.2) is 19.0 Å². The molecule has 1 aromatic carbocycles. The molecule has 2 aliphatic rings. The first-order chi connectivity index (χ1) is 11.1. The molecular weight excluding hydrogens is 388 g/mol. The van der Waals surface area contributed by atoms with Gasteiger partial charge in [0.25, 0.3) is 0 Å². The summed E-state index contributed by atoms with van der Waals surface area (Å²) in [7, 11) is 0. The number of carbonyl (C=O) groups excluding carboxylic acids is 1. The van der Waals surface area contributed by atoms with Crippen molar-refractivity contribution >= 4 is 34.2 Å². The Kier molecular flexibility index (Phi) is 7.14. The predicted octanol–water partition coefficient (Wildman–Crippen LogP) is 4.39. The van der Waals surface area contributed by atoms with Crippen LogP contribution in [-0.2, 0) is 10.3 Å². The van der Waals surface area contributed by atoms with Crippen LogP contribution < -0.4 is 10.6 Å². The Morgan fingerprint density at radius 1 is 1.38 bits per heavy atom. The van der Waals surface area contributed by atoms with Gasteiger partial charge in [0, 0.05) is 10.9 Å². The van der Waals surface area contributed by atoms with Gasteiger partial charge in [0.2, 0.25) is 5.91 Å². The van der Waals surface area contributed by atoms with Gasteiger partial charge in [-0.25, -0.2) is 0 Å². The van der Waals surface area contributed by atoms with Gasteiger partial charge in [0.05, 0.1) is 5.54 Å². The minimum absolute atomic E-state index is 0. The number of halogens is 2. The van der Waals surface area contributed by atoms with Crippen molar-refractivity contribution in [1.82, 2.24) is 10.6 Å². The zero-order valence-corrected chi connectivity index (χ0v) is 16.7. The number of benzene rings is 1. The molecule has 1 aromatic rings. The number of hydrogen-bond acceptors (Lipinski definition) is 2. The van der Waals surface area contributed by atoms with E-state index in [0.29, 0.717) is 18.3 Å². The Morgan fingerprint density at radius 2 is 2.08 bits per heavy atom. The molecule has 1 saturated carbocycles. The van der Waals surface area contributed by atoms with Gasteiger partial charge in [-0.3, -0.25) is 4.79 Å². The van der Waals surface area contributed by atoms with E-state index in [1.165, 1.54) is 24.8 Å². The fraction of sp³-hybridized carbons (Fsp3) is 0.632. The second-order valence-corrected chi connectivity index (χ2v) is 8.18. The van der Waals surface area contributed by atoms with Crippen molar-refractivity contribution in [2.24, 2.45) is 11.8 Å². The minimum Gasteiger partial charge on any atom is -0.347 e. The molecule has 24 heavy (non-hydrogen) atoms. The smallest absolute Gasteiger partial charge is 0.220 e. The molecule has 2 fully saturated rings. The summed E-state index contributed by atoms with van der Waals surface area (Å²) in [6.07, 6.45) is 6.35. The lowest BCUT2D eigenvalue weighted by molar-refractivity contribution is -0.125. The average molecular weight is 416 g/mol. The summed E-state index contributed by atoms with van der Waals surface area (Å²) < 4.78 is 1.08. The first-order valence-corrected chi connectivity index (χ1v) is 9.66. The quantitative estimate of drug-likeness (QED) is 0.748. The molecule has 134 valence electrons. The highest BCUT2D eigenvalue weighted by atomic mass is 79.9. The SMILES string of the molecule is CC(CC(=O)NC1(c2cccc(Br)c2)CCC1)C1CCNCC1.Cl. The molecule has 0 aromatic heterocycles. The molecule has 1 heterocycles. The summed E-state index contributed by atoms with van der Waals surface area (Å²) in [6, 6.07) is 8.39. The molecule has 1 atom stereocenters. The van der Waals surface area contributed by atoms with Crippen molar-refractivity contribution in [3.05, 3.63) is 34.3 Å². The van der Waals surface area contributed by atoms with Crippen molar-refractivity contribution < 1.29 is 4.79 Å². The predicted molar refractivity (Wildman–Crippen MR) is 104 cm³/mol. The lowest BCUT2D eigenvalue weighted by Crippen LogP contribution is -2.51. The monoisotopic (exact) mass is 414 g/mol. The second-order valence-electron chi connectivity index (χ2n) is 7.26. The summed E-state index contributed by atoms with van der Waals surface area (Å²) in [6.45, 7) is 4.43. The molecule has 0 spiro atoms. The number of rotatable bonds is 5. The molecule has 3 nitrogen and oxygen atoms in total. The molecule has 3 rings (SSSR count). The van der Waals surface area contributed by atoms with Crippen molar-refractivity contribution in [1.29, 1.82) is 0 Å². The van der Waals surface area contributed by atoms with Crippen LogP contribution in [0.15, 0.2) is 28.7 Å². The molecule has 1 aliphatic carbocycles. The Hall–Kier alpha value is -0.580. The molecule has 5 heteroatoms. The average Bonchev–Trinajstić information content (AvgIpc) is 2.51. The lowest BCUT2D eigenvalue weighted by atomic mass is 9.71. The van der Waals surface area contributed by atoms with Gasteiger partial charge in [-0.2, -0.15) is 0 Å². The van der Waals surface area contributed by atoms with E-state index < -0.39 is 0 Å². The van der Waals surface area contributed by atoms with E-state index in [9.17, 15) is 4.79 Å². The second kappa shape index (κ2) is 8.68. The van der Waals surface area contributed by atoms with Crippen molar-refractivity contribution in [3.63, 3.8) is 0 Å².